The molecule has 2 aromatic carbocycles. The predicted molar refractivity (Wildman–Crippen MR) is 83.6 cm³/mol. The third-order valence-corrected chi connectivity index (χ3v) is 4.39. The second-order valence-electron chi connectivity index (χ2n) is 4.37. The summed E-state index contributed by atoms with van der Waals surface area (Å²) in [4.78, 5) is 12.2. The Balaban J connectivity index is 2.08. The van der Waals surface area contributed by atoms with E-state index in [-0.39, 0.29) is 5.97 Å². The smallest absolute Gasteiger partial charge is 0.348 e. The van der Waals surface area contributed by atoms with Crippen molar-refractivity contribution >= 4 is 39.0 Å². The molecule has 0 unspecified atom stereocenters. The topological polar surface area (TPSA) is 26.3 Å². The van der Waals surface area contributed by atoms with Crippen LogP contribution < -0.4 is 0 Å². The van der Waals surface area contributed by atoms with Gasteiger partial charge >= 0.3 is 5.97 Å². The minimum atomic E-state index is -0.296. The first kappa shape index (κ1) is 13.2. The van der Waals surface area contributed by atoms with Gasteiger partial charge in [-0.1, -0.05) is 29.8 Å². The van der Waals surface area contributed by atoms with Gasteiger partial charge in [-0.05, 0) is 46.8 Å². The maximum atomic E-state index is 11.6. The molecule has 0 spiro atoms. The lowest BCUT2D eigenvalue weighted by atomic mass is 10.0. The van der Waals surface area contributed by atoms with E-state index < -0.39 is 0 Å². The molecule has 20 heavy (non-hydrogen) atoms. The quantitative estimate of drug-likeness (QED) is 0.622. The van der Waals surface area contributed by atoms with E-state index in [0.29, 0.717) is 9.90 Å². The largest absolute Gasteiger partial charge is 0.465 e. The predicted octanol–water partition coefficient (Wildman–Crippen LogP) is 5.01. The molecule has 2 nitrogen and oxygen atoms in total. The Kier molecular flexibility index (Phi) is 3.47. The molecular formula is C16H11ClO2S. The number of esters is 1. The molecule has 0 aliphatic rings. The summed E-state index contributed by atoms with van der Waals surface area (Å²) in [5.74, 6) is -0.296. The molecule has 0 aliphatic heterocycles. The van der Waals surface area contributed by atoms with Crippen LogP contribution in [0.5, 0.6) is 0 Å². The van der Waals surface area contributed by atoms with Crippen LogP contribution in [0.3, 0.4) is 0 Å². The average molecular weight is 303 g/mol. The highest BCUT2D eigenvalue weighted by molar-refractivity contribution is 7.20. The first-order chi connectivity index (χ1) is 9.67. The maximum Gasteiger partial charge on any atom is 0.348 e. The van der Waals surface area contributed by atoms with Crippen molar-refractivity contribution in [2.75, 3.05) is 7.11 Å². The molecule has 3 aromatic rings. The maximum absolute atomic E-state index is 11.6. The zero-order valence-electron chi connectivity index (χ0n) is 10.7. The Morgan fingerprint density at radius 3 is 2.65 bits per heavy atom. The van der Waals surface area contributed by atoms with Gasteiger partial charge in [-0.25, -0.2) is 4.79 Å². The summed E-state index contributed by atoms with van der Waals surface area (Å²) >= 11 is 7.45. The van der Waals surface area contributed by atoms with E-state index in [1.807, 2.05) is 42.5 Å². The van der Waals surface area contributed by atoms with Gasteiger partial charge < -0.3 is 4.74 Å². The van der Waals surface area contributed by atoms with Gasteiger partial charge in [-0.3, -0.25) is 0 Å². The van der Waals surface area contributed by atoms with E-state index in [1.165, 1.54) is 18.4 Å². The number of rotatable bonds is 2. The number of benzene rings is 2. The van der Waals surface area contributed by atoms with Gasteiger partial charge in [0.15, 0.2) is 0 Å². The second kappa shape index (κ2) is 5.27. The normalized spacial score (nSPS) is 10.7. The molecule has 0 atom stereocenters. The molecular weight excluding hydrogens is 292 g/mol. The molecule has 0 aliphatic carbocycles. The fraction of sp³-hybridized carbons (Fsp3) is 0.0625. The summed E-state index contributed by atoms with van der Waals surface area (Å²) in [6.45, 7) is 0. The van der Waals surface area contributed by atoms with Gasteiger partial charge in [0.1, 0.15) is 4.88 Å². The number of carbonyl (C=O) groups excluding carboxylic acids is 1. The van der Waals surface area contributed by atoms with Crippen LogP contribution in [0.4, 0.5) is 0 Å². The number of halogens is 1. The van der Waals surface area contributed by atoms with Crippen LogP contribution in [0.2, 0.25) is 5.02 Å². The molecule has 1 heterocycles. The van der Waals surface area contributed by atoms with E-state index in [1.54, 1.807) is 0 Å². The molecule has 0 amide bonds. The lowest BCUT2D eigenvalue weighted by Gasteiger charge is -2.02. The summed E-state index contributed by atoms with van der Waals surface area (Å²) < 4.78 is 5.82. The van der Waals surface area contributed by atoms with E-state index in [2.05, 4.69) is 6.07 Å². The van der Waals surface area contributed by atoms with Crippen molar-refractivity contribution in [1.82, 2.24) is 0 Å². The summed E-state index contributed by atoms with van der Waals surface area (Å²) in [5, 5.41) is 1.75. The Bertz CT molecular complexity index is 792. The third kappa shape index (κ3) is 2.42. The molecule has 0 radical (unpaired) electrons. The number of hydrogen-bond acceptors (Lipinski definition) is 3. The van der Waals surface area contributed by atoms with Crippen LogP contribution >= 0.6 is 22.9 Å². The van der Waals surface area contributed by atoms with Gasteiger partial charge in [0.25, 0.3) is 0 Å². The standard InChI is InChI=1S/C16H11ClO2S/c1-19-16(18)15-9-12-7-11(5-6-14(12)20-15)10-3-2-4-13(17)8-10/h2-9H,1H3. The van der Waals surface area contributed by atoms with Crippen LogP contribution in [-0.4, -0.2) is 13.1 Å². The third-order valence-electron chi connectivity index (χ3n) is 3.06. The van der Waals surface area contributed by atoms with Gasteiger partial charge in [0.05, 0.1) is 7.11 Å². The van der Waals surface area contributed by atoms with Crippen molar-refractivity contribution in [3.8, 4) is 11.1 Å². The van der Waals surface area contributed by atoms with Crippen molar-refractivity contribution in [2.24, 2.45) is 0 Å². The van der Waals surface area contributed by atoms with Gasteiger partial charge in [0.2, 0.25) is 0 Å². The van der Waals surface area contributed by atoms with Crippen LogP contribution in [0.25, 0.3) is 21.2 Å². The van der Waals surface area contributed by atoms with Crippen molar-refractivity contribution in [3.63, 3.8) is 0 Å². The monoisotopic (exact) mass is 302 g/mol. The van der Waals surface area contributed by atoms with Crippen LogP contribution in [-0.2, 0) is 4.74 Å². The lowest BCUT2D eigenvalue weighted by Crippen LogP contribution is -1.96. The Hall–Kier alpha value is -1.84. The van der Waals surface area contributed by atoms with E-state index >= 15 is 0 Å². The molecule has 4 heteroatoms. The summed E-state index contributed by atoms with van der Waals surface area (Å²) in [6, 6.07) is 15.7. The number of hydrogen-bond donors (Lipinski definition) is 0. The number of methoxy groups -OCH3 is 1. The van der Waals surface area contributed by atoms with Crippen molar-refractivity contribution < 1.29 is 9.53 Å². The van der Waals surface area contributed by atoms with Gasteiger partial charge in [-0.15, -0.1) is 11.3 Å². The Labute approximate surface area is 125 Å². The van der Waals surface area contributed by atoms with Crippen molar-refractivity contribution in [3.05, 3.63) is 58.4 Å². The fourth-order valence-corrected chi connectivity index (χ4v) is 3.24. The van der Waals surface area contributed by atoms with Gasteiger partial charge in [-0.2, -0.15) is 0 Å². The molecule has 0 saturated carbocycles. The Morgan fingerprint density at radius 2 is 1.90 bits per heavy atom. The van der Waals surface area contributed by atoms with Crippen molar-refractivity contribution in [1.29, 1.82) is 0 Å². The molecule has 0 bridgehead atoms. The molecule has 0 N–H and O–H groups in total. The number of fused-ring (bicyclic) bond motifs is 1. The molecule has 3 rings (SSSR count). The van der Waals surface area contributed by atoms with Crippen LogP contribution in [0.15, 0.2) is 48.5 Å². The highest BCUT2D eigenvalue weighted by atomic mass is 35.5. The zero-order chi connectivity index (χ0) is 14.1. The SMILES string of the molecule is COC(=O)c1cc2cc(-c3cccc(Cl)c3)ccc2s1. The van der Waals surface area contributed by atoms with E-state index in [9.17, 15) is 4.79 Å². The molecule has 100 valence electrons. The highest BCUT2D eigenvalue weighted by Crippen LogP contribution is 2.31. The van der Waals surface area contributed by atoms with Gasteiger partial charge in [0, 0.05) is 9.72 Å². The second-order valence-corrected chi connectivity index (χ2v) is 5.89. The van der Waals surface area contributed by atoms with Crippen LogP contribution in [0, 0.1) is 0 Å². The minimum absolute atomic E-state index is 0.296. The lowest BCUT2D eigenvalue weighted by molar-refractivity contribution is 0.0606. The van der Waals surface area contributed by atoms with E-state index in [0.717, 1.165) is 21.2 Å². The Morgan fingerprint density at radius 1 is 1.10 bits per heavy atom. The van der Waals surface area contributed by atoms with Crippen LogP contribution in [0.1, 0.15) is 9.67 Å². The summed E-state index contributed by atoms with van der Waals surface area (Å²) in [6.07, 6.45) is 0. The molecule has 0 saturated heterocycles. The number of carbonyl (C=O) groups is 1. The molecule has 0 fully saturated rings. The molecule has 1 aromatic heterocycles. The zero-order valence-corrected chi connectivity index (χ0v) is 12.3. The minimum Gasteiger partial charge on any atom is -0.465 e. The summed E-state index contributed by atoms with van der Waals surface area (Å²) in [5.41, 5.74) is 2.14. The fourth-order valence-electron chi connectivity index (χ4n) is 2.09. The van der Waals surface area contributed by atoms with E-state index in [4.69, 9.17) is 16.3 Å². The van der Waals surface area contributed by atoms with Crippen molar-refractivity contribution in [2.45, 2.75) is 0 Å². The average Bonchev–Trinajstić information content (AvgIpc) is 2.89. The summed E-state index contributed by atoms with van der Waals surface area (Å²) in [7, 11) is 1.39. The number of thiophene rings is 1. The first-order valence-corrected chi connectivity index (χ1v) is 7.24. The number of ether oxygens (including phenoxy) is 1. The highest BCUT2D eigenvalue weighted by Gasteiger charge is 2.10. The first-order valence-electron chi connectivity index (χ1n) is 6.05.